The SMILES string of the molecule is CC[C@H]1OC(=O)[C@H](C)C(OC2CC(C)(OC)C(O)C(C)O2)[C@H](C)[C@@H](O[C@@H]2O[C@H](C)C[C@H](N(C)C)[C@H]2O)[C@](C)(OCC#Cc2cc(-c3cnc4ccccc4c3)no2)C[C@@H](C)CN(C)[C@H](C)[C@@H](O)[C@]1(C)O. The van der Waals surface area contributed by atoms with Gasteiger partial charge in [0, 0.05) is 61.3 Å². The molecule has 3 fully saturated rings. The Morgan fingerprint density at radius 3 is 2.36 bits per heavy atom. The maximum absolute atomic E-state index is 14.7. The van der Waals surface area contributed by atoms with Gasteiger partial charge in [0.05, 0.1) is 47.1 Å². The summed E-state index contributed by atoms with van der Waals surface area (Å²) >= 11 is 0. The van der Waals surface area contributed by atoms with Crippen molar-refractivity contribution in [3.8, 4) is 23.1 Å². The molecule has 0 saturated carbocycles. The van der Waals surface area contributed by atoms with Crippen LogP contribution in [0.2, 0.25) is 0 Å². The fourth-order valence-electron chi connectivity index (χ4n) is 10.9. The molecule has 3 aliphatic heterocycles. The molecule has 18 atom stereocenters. The van der Waals surface area contributed by atoms with Crippen LogP contribution in [0.25, 0.3) is 22.2 Å². The summed E-state index contributed by atoms with van der Waals surface area (Å²) in [4.78, 5) is 23.2. The first-order valence-corrected chi connectivity index (χ1v) is 24.9. The molecule has 0 amide bonds. The van der Waals surface area contributed by atoms with E-state index in [0.29, 0.717) is 30.8 Å². The molecule has 3 saturated heterocycles. The zero-order chi connectivity index (χ0) is 51.5. The van der Waals surface area contributed by atoms with Gasteiger partial charge in [0.1, 0.15) is 42.3 Å². The molecule has 5 heterocycles. The molecule has 390 valence electrons. The number of carbonyl (C=O) groups excluding carboxylic acids is 1. The number of methoxy groups -OCH3 is 1. The highest BCUT2D eigenvalue weighted by Crippen LogP contribution is 2.41. The summed E-state index contributed by atoms with van der Waals surface area (Å²) in [5.41, 5.74) is -1.93. The maximum Gasteiger partial charge on any atom is 0.311 e. The Balaban J connectivity index is 1.44. The van der Waals surface area contributed by atoms with Gasteiger partial charge in [0.2, 0.25) is 5.76 Å². The highest BCUT2D eigenvalue weighted by molar-refractivity contribution is 5.82. The quantitative estimate of drug-likeness (QED) is 0.153. The standard InChI is InChI=1S/C53H80N4O13/c1-15-42-53(10,62)46(59)34(6)57(13)29-30(2)26-52(9,64-22-18-20-38-25-40(55-70-38)37-24-36-19-16-17-21-39(36)54-28-37)48(69-50-44(58)41(56(11)12)23-31(3)65-50)32(4)45(33(5)49(61)67-42)68-43-27-51(8,63-14)47(60)35(7)66-43/h16-17,19,21,24-25,28,30-35,41-48,50,58-60,62H,15,22-23,26-27,29H2,1-14H3/t30-,31-,32+,33-,34-,35?,41+,42-,43?,44-,45?,46-,47?,48-,50+,51?,52-,53-/m1/s1. The number of cyclic esters (lactones) is 1. The number of benzene rings is 1. The van der Waals surface area contributed by atoms with Crippen molar-refractivity contribution in [1.82, 2.24) is 19.9 Å². The van der Waals surface area contributed by atoms with Gasteiger partial charge in [-0.1, -0.05) is 50.0 Å². The lowest BCUT2D eigenvalue weighted by Crippen LogP contribution is -2.61. The lowest BCUT2D eigenvalue weighted by Gasteiger charge is -2.49. The molecule has 70 heavy (non-hydrogen) atoms. The van der Waals surface area contributed by atoms with Crippen molar-refractivity contribution in [2.45, 2.75) is 185 Å². The average Bonchev–Trinajstić information content (AvgIpc) is 3.80. The van der Waals surface area contributed by atoms with E-state index in [4.69, 9.17) is 37.7 Å². The molecule has 0 bridgehead atoms. The molecule has 6 rings (SSSR count). The number of carbonyl (C=O) groups is 1. The summed E-state index contributed by atoms with van der Waals surface area (Å²) in [5, 5.41) is 52.2. The third-order valence-electron chi connectivity index (χ3n) is 15.3. The van der Waals surface area contributed by atoms with Crippen molar-refractivity contribution in [2.24, 2.45) is 17.8 Å². The van der Waals surface area contributed by atoms with E-state index in [-0.39, 0.29) is 37.5 Å². The van der Waals surface area contributed by atoms with Crippen LogP contribution in [0.4, 0.5) is 0 Å². The second-order valence-corrected chi connectivity index (χ2v) is 21.2. The van der Waals surface area contributed by atoms with Crippen molar-refractivity contribution in [3.05, 3.63) is 48.4 Å². The van der Waals surface area contributed by atoms with Crippen molar-refractivity contribution in [3.63, 3.8) is 0 Å². The van der Waals surface area contributed by atoms with Crippen molar-refractivity contribution in [2.75, 3.05) is 41.4 Å². The topological polar surface area (TPSA) is 208 Å². The number of hydrogen-bond donors (Lipinski definition) is 4. The molecule has 17 nitrogen and oxygen atoms in total. The van der Waals surface area contributed by atoms with Crippen LogP contribution in [0.1, 0.15) is 101 Å². The van der Waals surface area contributed by atoms with Gasteiger partial charge in [-0.25, -0.2) is 0 Å². The number of para-hydroxylation sites is 1. The lowest BCUT2D eigenvalue weighted by atomic mass is 9.77. The Morgan fingerprint density at radius 1 is 0.957 bits per heavy atom. The van der Waals surface area contributed by atoms with Crippen LogP contribution in [-0.4, -0.2) is 178 Å². The molecule has 17 heteroatoms. The Labute approximate surface area is 414 Å². The van der Waals surface area contributed by atoms with Crippen LogP contribution in [-0.2, 0) is 38.0 Å². The highest BCUT2D eigenvalue weighted by Gasteiger charge is 2.53. The van der Waals surface area contributed by atoms with Gasteiger partial charge in [-0.3, -0.25) is 9.78 Å². The predicted octanol–water partition coefficient (Wildman–Crippen LogP) is 5.18. The molecule has 0 radical (unpaired) electrons. The van der Waals surface area contributed by atoms with Crippen LogP contribution in [0, 0.1) is 29.6 Å². The Bertz CT molecular complexity index is 2250. The molecule has 1 aromatic carbocycles. The number of ether oxygens (including phenoxy) is 7. The highest BCUT2D eigenvalue weighted by atomic mass is 16.7. The van der Waals surface area contributed by atoms with E-state index in [2.05, 4.69) is 28.9 Å². The molecular formula is C53H80N4O13. The fraction of sp³-hybridized carbons (Fsp3) is 0.717. The van der Waals surface area contributed by atoms with E-state index in [0.717, 1.165) is 16.5 Å². The fourth-order valence-corrected chi connectivity index (χ4v) is 10.9. The number of esters is 1. The van der Waals surface area contributed by atoms with Gasteiger partial charge in [-0.15, -0.1) is 0 Å². The van der Waals surface area contributed by atoms with E-state index in [1.165, 1.54) is 14.0 Å². The van der Waals surface area contributed by atoms with E-state index in [1.54, 1.807) is 40.0 Å². The first-order chi connectivity index (χ1) is 32.9. The smallest absolute Gasteiger partial charge is 0.311 e. The minimum atomic E-state index is -1.84. The zero-order valence-corrected chi connectivity index (χ0v) is 43.7. The van der Waals surface area contributed by atoms with Gasteiger partial charge in [0.25, 0.3) is 0 Å². The minimum Gasteiger partial charge on any atom is -0.459 e. The largest absolute Gasteiger partial charge is 0.459 e. The van der Waals surface area contributed by atoms with Gasteiger partial charge < -0.3 is 67.9 Å². The van der Waals surface area contributed by atoms with Gasteiger partial charge in [-0.05, 0) is 113 Å². The molecule has 0 aliphatic carbocycles. The Morgan fingerprint density at radius 2 is 1.67 bits per heavy atom. The van der Waals surface area contributed by atoms with Crippen LogP contribution in [0.15, 0.2) is 47.1 Å². The van der Waals surface area contributed by atoms with E-state index < -0.39 is 96.0 Å². The Kier molecular flexibility index (Phi) is 18.4. The third kappa shape index (κ3) is 12.4. The predicted molar refractivity (Wildman–Crippen MR) is 262 cm³/mol. The summed E-state index contributed by atoms with van der Waals surface area (Å²) in [6.07, 6.45) is -6.62. The number of likely N-dealkylation sites (N-methyl/N-ethyl adjacent to an activating group) is 2. The van der Waals surface area contributed by atoms with Crippen molar-refractivity contribution >= 4 is 16.9 Å². The van der Waals surface area contributed by atoms with Gasteiger partial charge >= 0.3 is 5.97 Å². The van der Waals surface area contributed by atoms with Crippen molar-refractivity contribution < 1.29 is 62.9 Å². The number of aromatic nitrogens is 2. The van der Waals surface area contributed by atoms with Gasteiger partial charge in [0.15, 0.2) is 12.6 Å². The Hall–Kier alpha value is -3.61. The summed E-state index contributed by atoms with van der Waals surface area (Å²) in [7, 11) is 7.21. The number of aliphatic hydroxyl groups excluding tert-OH is 3. The molecule has 2 aromatic heterocycles. The van der Waals surface area contributed by atoms with Crippen LogP contribution < -0.4 is 0 Å². The number of rotatable bonds is 10. The molecule has 5 unspecified atom stereocenters. The first-order valence-electron chi connectivity index (χ1n) is 24.9. The van der Waals surface area contributed by atoms with Crippen molar-refractivity contribution in [1.29, 1.82) is 0 Å². The zero-order valence-electron chi connectivity index (χ0n) is 43.7. The summed E-state index contributed by atoms with van der Waals surface area (Å²) in [6.45, 7) is 18.5. The lowest BCUT2D eigenvalue weighted by molar-refractivity contribution is -0.320. The molecule has 3 aromatic rings. The minimum absolute atomic E-state index is 0.101. The number of pyridine rings is 1. The molecule has 0 spiro atoms. The van der Waals surface area contributed by atoms with Crippen LogP contribution in [0.5, 0.6) is 0 Å². The number of nitrogens with zero attached hydrogens (tertiary/aromatic N) is 4. The second kappa shape index (κ2) is 23.1. The summed E-state index contributed by atoms with van der Waals surface area (Å²) in [5.74, 6) is 3.90. The average molecular weight is 981 g/mol. The first kappa shape index (κ1) is 55.7. The van der Waals surface area contributed by atoms with E-state index in [1.807, 2.05) is 89.0 Å². The second-order valence-electron chi connectivity index (χ2n) is 21.2. The molecular weight excluding hydrogens is 901 g/mol. The monoisotopic (exact) mass is 981 g/mol. The molecule has 3 aliphatic rings. The molecule has 4 N–H and O–H groups in total. The van der Waals surface area contributed by atoms with Crippen LogP contribution >= 0.6 is 0 Å². The van der Waals surface area contributed by atoms with E-state index in [9.17, 15) is 25.2 Å². The number of fused-ring (bicyclic) bond motifs is 1. The number of hydrogen-bond acceptors (Lipinski definition) is 17. The van der Waals surface area contributed by atoms with Crippen LogP contribution in [0.3, 0.4) is 0 Å². The van der Waals surface area contributed by atoms with E-state index >= 15 is 0 Å². The third-order valence-corrected chi connectivity index (χ3v) is 15.3. The maximum atomic E-state index is 14.7. The normalized spacial score (nSPS) is 39.7. The number of aliphatic hydroxyl groups is 4. The van der Waals surface area contributed by atoms with Gasteiger partial charge in [-0.2, -0.15) is 0 Å². The summed E-state index contributed by atoms with van der Waals surface area (Å²) < 4.78 is 51.6. The summed E-state index contributed by atoms with van der Waals surface area (Å²) in [6, 6.07) is 10.7.